The molecule has 2 amide bonds. The van der Waals surface area contributed by atoms with Gasteiger partial charge in [-0.2, -0.15) is 13.2 Å². The maximum Gasteiger partial charge on any atom is 0.416 e. The van der Waals surface area contributed by atoms with Gasteiger partial charge in [-0.1, -0.05) is 6.07 Å². The van der Waals surface area contributed by atoms with Gasteiger partial charge < -0.3 is 20.7 Å². The lowest BCUT2D eigenvalue weighted by Crippen LogP contribution is -2.60. The van der Waals surface area contributed by atoms with Gasteiger partial charge in [0.15, 0.2) is 0 Å². The van der Waals surface area contributed by atoms with Crippen LogP contribution in [0.15, 0.2) is 36.4 Å². The first-order chi connectivity index (χ1) is 16.9. The number of carbonyl (C=O) groups is 1. The third kappa shape index (κ3) is 4.88. The van der Waals surface area contributed by atoms with Gasteiger partial charge >= 0.3 is 12.2 Å². The fourth-order valence-corrected chi connectivity index (χ4v) is 5.28. The minimum Gasteiger partial charge on any atom is -0.390 e. The lowest BCUT2D eigenvalue weighted by molar-refractivity contribution is -0.137. The standard InChI is InChI=1S/C25H25F5N4O2/c26-16-3-4-18-19(13-16)32-21(31-18)20(11-14-1-2-15(12-17(14)27)25(28,29)30)33-22(35)34-23-5-8-24(36,9-6-23)10-7-23/h1-4,12-13,20,36H,5-11H2,(H,31,32)(H2,33,34,35)/t20-,23?,24?/m1/s1. The van der Waals surface area contributed by atoms with Crippen molar-refractivity contribution in [1.82, 2.24) is 20.6 Å². The summed E-state index contributed by atoms with van der Waals surface area (Å²) < 4.78 is 67.2. The zero-order chi connectivity index (χ0) is 25.7. The number of rotatable bonds is 5. The van der Waals surface area contributed by atoms with Crippen LogP contribution in [0.5, 0.6) is 0 Å². The Balaban J connectivity index is 1.40. The van der Waals surface area contributed by atoms with E-state index >= 15 is 0 Å². The number of fused-ring (bicyclic) bond motifs is 4. The number of aromatic amines is 1. The van der Waals surface area contributed by atoms with Crippen molar-refractivity contribution in [2.45, 2.75) is 68.3 Å². The molecule has 0 aliphatic heterocycles. The second kappa shape index (κ2) is 8.72. The number of carbonyl (C=O) groups excluding carboxylic acids is 1. The molecule has 3 aromatic rings. The summed E-state index contributed by atoms with van der Waals surface area (Å²) in [6.45, 7) is 0. The molecule has 3 fully saturated rings. The van der Waals surface area contributed by atoms with Crippen molar-refractivity contribution in [2.24, 2.45) is 0 Å². The molecule has 11 heteroatoms. The number of aromatic nitrogens is 2. The van der Waals surface area contributed by atoms with Crippen LogP contribution in [0.25, 0.3) is 11.0 Å². The highest BCUT2D eigenvalue weighted by Gasteiger charge is 2.48. The topological polar surface area (TPSA) is 90.0 Å². The molecule has 4 N–H and O–H groups in total. The summed E-state index contributed by atoms with van der Waals surface area (Å²) in [5.74, 6) is -1.36. The Morgan fingerprint density at radius 3 is 2.39 bits per heavy atom. The Labute approximate surface area is 203 Å². The van der Waals surface area contributed by atoms with Crippen molar-refractivity contribution in [3.8, 4) is 0 Å². The minimum atomic E-state index is -4.69. The Morgan fingerprint density at radius 1 is 1.06 bits per heavy atom. The van der Waals surface area contributed by atoms with Gasteiger partial charge in [0, 0.05) is 18.0 Å². The maximum atomic E-state index is 14.6. The maximum absolute atomic E-state index is 14.6. The average molecular weight is 508 g/mol. The molecular formula is C25H25F5N4O2. The molecule has 6 rings (SSSR count). The third-order valence-corrected chi connectivity index (χ3v) is 7.49. The summed E-state index contributed by atoms with van der Waals surface area (Å²) in [6, 6.07) is 4.68. The Bertz CT molecular complexity index is 1280. The number of nitrogens with one attached hydrogen (secondary N) is 3. The molecule has 1 atom stereocenters. The van der Waals surface area contributed by atoms with Crippen LogP contribution in [-0.2, 0) is 12.6 Å². The molecule has 0 saturated heterocycles. The molecule has 6 nitrogen and oxygen atoms in total. The summed E-state index contributed by atoms with van der Waals surface area (Å²) >= 11 is 0. The molecule has 36 heavy (non-hydrogen) atoms. The number of amides is 2. The largest absolute Gasteiger partial charge is 0.416 e. The molecular weight excluding hydrogens is 483 g/mol. The number of hydrogen-bond acceptors (Lipinski definition) is 3. The predicted octanol–water partition coefficient (Wildman–Crippen LogP) is 5.28. The summed E-state index contributed by atoms with van der Waals surface area (Å²) in [4.78, 5) is 20.4. The molecule has 3 aliphatic rings. The summed E-state index contributed by atoms with van der Waals surface area (Å²) in [6.07, 6.45) is -1.25. The first kappa shape index (κ1) is 24.5. The van der Waals surface area contributed by atoms with Gasteiger partial charge in [0.1, 0.15) is 17.5 Å². The van der Waals surface area contributed by atoms with Crippen LogP contribution < -0.4 is 10.6 Å². The van der Waals surface area contributed by atoms with Crippen molar-refractivity contribution >= 4 is 17.1 Å². The molecule has 2 aromatic carbocycles. The van der Waals surface area contributed by atoms with Crippen LogP contribution in [0.4, 0.5) is 26.7 Å². The van der Waals surface area contributed by atoms with Gasteiger partial charge in [0.2, 0.25) is 0 Å². The molecule has 2 bridgehead atoms. The number of H-pyrrole nitrogens is 1. The van der Waals surface area contributed by atoms with Crippen molar-refractivity contribution in [1.29, 1.82) is 0 Å². The molecule has 3 aliphatic carbocycles. The van der Waals surface area contributed by atoms with E-state index < -0.39 is 46.6 Å². The molecule has 0 unspecified atom stereocenters. The molecule has 1 heterocycles. The smallest absolute Gasteiger partial charge is 0.390 e. The first-order valence-electron chi connectivity index (χ1n) is 11.8. The minimum absolute atomic E-state index is 0.0431. The van der Waals surface area contributed by atoms with Crippen LogP contribution in [-0.4, -0.2) is 32.2 Å². The summed E-state index contributed by atoms with van der Waals surface area (Å²) in [7, 11) is 0. The van der Waals surface area contributed by atoms with Crippen LogP contribution in [0.1, 0.15) is 61.5 Å². The lowest BCUT2D eigenvalue weighted by Gasteiger charge is -2.51. The molecule has 3 saturated carbocycles. The monoisotopic (exact) mass is 508 g/mol. The van der Waals surface area contributed by atoms with Crippen molar-refractivity contribution < 1.29 is 31.9 Å². The lowest BCUT2D eigenvalue weighted by atomic mass is 9.63. The highest BCUT2D eigenvalue weighted by Crippen LogP contribution is 2.46. The number of urea groups is 1. The molecule has 192 valence electrons. The van der Waals surface area contributed by atoms with Crippen LogP contribution in [0.3, 0.4) is 0 Å². The predicted molar refractivity (Wildman–Crippen MR) is 121 cm³/mol. The fourth-order valence-electron chi connectivity index (χ4n) is 5.28. The van der Waals surface area contributed by atoms with E-state index in [1.165, 1.54) is 18.2 Å². The Hall–Kier alpha value is -3.21. The zero-order valence-corrected chi connectivity index (χ0v) is 19.2. The SMILES string of the molecule is O=C(N[C@H](Cc1ccc(C(F)(F)F)cc1F)c1nc2cc(F)ccc2[nH]1)NC12CCC(O)(CC1)CC2. The quantitative estimate of drug-likeness (QED) is 0.354. The van der Waals surface area contributed by atoms with E-state index in [-0.39, 0.29) is 17.8 Å². The normalized spacial score (nSPS) is 24.6. The van der Waals surface area contributed by atoms with Crippen LogP contribution in [0, 0.1) is 11.6 Å². The van der Waals surface area contributed by atoms with Crippen LogP contribution >= 0.6 is 0 Å². The van der Waals surface area contributed by atoms with E-state index in [9.17, 15) is 31.9 Å². The van der Waals surface area contributed by atoms with Gasteiger partial charge in [-0.05, 0) is 68.4 Å². The number of alkyl halides is 3. The number of hydrogen-bond donors (Lipinski definition) is 4. The summed E-state index contributed by atoms with van der Waals surface area (Å²) in [5, 5.41) is 16.2. The van der Waals surface area contributed by atoms with Gasteiger partial charge in [-0.3, -0.25) is 0 Å². The van der Waals surface area contributed by atoms with E-state index in [2.05, 4.69) is 20.6 Å². The van der Waals surface area contributed by atoms with Crippen molar-refractivity contribution in [3.63, 3.8) is 0 Å². The highest BCUT2D eigenvalue weighted by molar-refractivity contribution is 5.77. The second-order valence-corrected chi connectivity index (χ2v) is 9.95. The van der Waals surface area contributed by atoms with Gasteiger partial charge in [0.05, 0.1) is 28.2 Å². The fraction of sp³-hybridized carbons (Fsp3) is 0.440. The van der Waals surface area contributed by atoms with Gasteiger partial charge in [-0.25, -0.2) is 18.6 Å². The van der Waals surface area contributed by atoms with E-state index in [4.69, 9.17) is 0 Å². The number of halogens is 5. The highest BCUT2D eigenvalue weighted by atomic mass is 19.4. The van der Waals surface area contributed by atoms with Crippen molar-refractivity contribution in [3.05, 3.63) is 65.0 Å². The molecule has 0 spiro atoms. The number of aliphatic hydroxyl groups is 1. The van der Waals surface area contributed by atoms with E-state index in [0.29, 0.717) is 55.6 Å². The number of nitrogens with zero attached hydrogens (tertiary/aromatic N) is 1. The Morgan fingerprint density at radius 2 is 1.75 bits per heavy atom. The molecule has 1 aromatic heterocycles. The molecule has 0 radical (unpaired) electrons. The zero-order valence-electron chi connectivity index (χ0n) is 19.2. The van der Waals surface area contributed by atoms with Crippen LogP contribution in [0.2, 0.25) is 0 Å². The van der Waals surface area contributed by atoms with Gasteiger partial charge in [0.25, 0.3) is 0 Å². The third-order valence-electron chi connectivity index (χ3n) is 7.49. The average Bonchev–Trinajstić information content (AvgIpc) is 3.23. The van der Waals surface area contributed by atoms with Gasteiger partial charge in [-0.15, -0.1) is 0 Å². The second-order valence-electron chi connectivity index (χ2n) is 9.95. The first-order valence-corrected chi connectivity index (χ1v) is 11.8. The Kier molecular flexibility index (Phi) is 5.93. The summed E-state index contributed by atoms with van der Waals surface area (Å²) in [5.41, 5.74) is -1.51. The van der Waals surface area contributed by atoms with Crippen molar-refractivity contribution in [2.75, 3.05) is 0 Å². The van der Waals surface area contributed by atoms with E-state index in [1.807, 2.05) is 0 Å². The number of imidazole rings is 1. The number of benzene rings is 2. The van der Waals surface area contributed by atoms with E-state index in [1.54, 1.807) is 0 Å². The van der Waals surface area contributed by atoms with E-state index in [0.717, 1.165) is 12.1 Å².